The summed E-state index contributed by atoms with van der Waals surface area (Å²) in [6.45, 7) is 7.51. The summed E-state index contributed by atoms with van der Waals surface area (Å²) in [6.07, 6.45) is 8.03. The summed E-state index contributed by atoms with van der Waals surface area (Å²) in [6, 6.07) is 0. The van der Waals surface area contributed by atoms with Gasteiger partial charge < -0.3 is 15.1 Å². The van der Waals surface area contributed by atoms with Crippen LogP contribution in [-0.2, 0) is 14.4 Å². The summed E-state index contributed by atoms with van der Waals surface area (Å²) in [4.78, 5) is 41.7. The second-order valence-corrected chi connectivity index (χ2v) is 7.75. The Morgan fingerprint density at radius 2 is 1.37 bits per heavy atom. The highest BCUT2D eigenvalue weighted by atomic mass is 16.2. The molecule has 2 aliphatic rings. The maximum atomic E-state index is 12.5. The second kappa shape index (κ2) is 12.0. The molecule has 7 heteroatoms. The number of rotatable bonds is 8. The van der Waals surface area contributed by atoms with Crippen molar-refractivity contribution in [3.8, 4) is 0 Å². The Morgan fingerprint density at radius 3 is 2.00 bits per heavy atom. The highest BCUT2D eigenvalue weighted by Gasteiger charge is 2.24. The van der Waals surface area contributed by atoms with E-state index >= 15 is 0 Å². The molecule has 2 heterocycles. The number of hydrogen-bond donors (Lipinski definition) is 1. The lowest BCUT2D eigenvalue weighted by molar-refractivity contribution is -0.135. The lowest BCUT2D eigenvalue weighted by Gasteiger charge is -2.35. The molecule has 27 heavy (non-hydrogen) atoms. The van der Waals surface area contributed by atoms with Crippen molar-refractivity contribution in [2.24, 2.45) is 0 Å². The van der Waals surface area contributed by atoms with Crippen molar-refractivity contribution in [2.45, 2.75) is 58.3 Å². The predicted molar refractivity (Wildman–Crippen MR) is 105 cm³/mol. The van der Waals surface area contributed by atoms with Crippen molar-refractivity contribution in [3.63, 3.8) is 0 Å². The van der Waals surface area contributed by atoms with Gasteiger partial charge in [0.1, 0.15) is 0 Å². The lowest BCUT2D eigenvalue weighted by atomic mass is 10.1. The van der Waals surface area contributed by atoms with Crippen LogP contribution in [0.25, 0.3) is 0 Å². The van der Waals surface area contributed by atoms with Crippen LogP contribution in [0.5, 0.6) is 0 Å². The molecule has 0 unspecified atom stereocenters. The Bertz CT molecular complexity index is 482. The number of hydrogen-bond acceptors (Lipinski definition) is 4. The Labute approximate surface area is 163 Å². The SMILES string of the molecule is CC(=O)NCCCCCC(=O)N1CCN(CC(=O)N2CCCCCC2)CC1. The molecule has 2 fully saturated rings. The number of unbranched alkanes of at least 4 members (excludes halogenated alkanes) is 2. The number of piperazine rings is 1. The van der Waals surface area contributed by atoms with Gasteiger partial charge in [-0.25, -0.2) is 0 Å². The van der Waals surface area contributed by atoms with E-state index in [-0.39, 0.29) is 17.7 Å². The Morgan fingerprint density at radius 1 is 0.741 bits per heavy atom. The molecule has 0 saturated carbocycles. The molecule has 0 bridgehead atoms. The first kappa shape index (κ1) is 21.7. The molecule has 0 aromatic heterocycles. The van der Waals surface area contributed by atoms with Gasteiger partial charge in [0, 0.05) is 59.2 Å². The van der Waals surface area contributed by atoms with Crippen LogP contribution >= 0.6 is 0 Å². The standard InChI is InChI=1S/C20H36N4O3/c1-18(25)21-10-6-4-5-9-19(26)24-15-13-22(14-16-24)17-20(27)23-11-7-2-3-8-12-23/h2-17H2,1H3,(H,21,25). The van der Waals surface area contributed by atoms with Gasteiger partial charge in [-0.05, 0) is 25.7 Å². The average Bonchev–Trinajstić information content (AvgIpc) is 2.94. The van der Waals surface area contributed by atoms with Crippen LogP contribution in [-0.4, -0.2) is 84.8 Å². The van der Waals surface area contributed by atoms with Gasteiger partial charge in [-0.1, -0.05) is 19.3 Å². The highest BCUT2D eigenvalue weighted by molar-refractivity contribution is 5.78. The molecule has 0 radical (unpaired) electrons. The van der Waals surface area contributed by atoms with Crippen LogP contribution in [0.15, 0.2) is 0 Å². The van der Waals surface area contributed by atoms with Gasteiger partial charge in [-0.15, -0.1) is 0 Å². The summed E-state index contributed by atoms with van der Waals surface area (Å²) < 4.78 is 0. The minimum absolute atomic E-state index is 0.00160. The number of nitrogens with one attached hydrogen (secondary N) is 1. The smallest absolute Gasteiger partial charge is 0.236 e. The van der Waals surface area contributed by atoms with Crippen LogP contribution < -0.4 is 5.32 Å². The van der Waals surface area contributed by atoms with Gasteiger partial charge >= 0.3 is 0 Å². The van der Waals surface area contributed by atoms with Gasteiger partial charge in [-0.3, -0.25) is 19.3 Å². The van der Waals surface area contributed by atoms with Crippen molar-refractivity contribution in [1.82, 2.24) is 20.0 Å². The van der Waals surface area contributed by atoms with Crippen molar-refractivity contribution in [1.29, 1.82) is 0 Å². The normalized spacial score (nSPS) is 18.9. The summed E-state index contributed by atoms with van der Waals surface area (Å²) in [5, 5.41) is 2.77. The van der Waals surface area contributed by atoms with Crippen LogP contribution in [0.4, 0.5) is 0 Å². The Hall–Kier alpha value is -1.63. The fraction of sp³-hybridized carbons (Fsp3) is 0.850. The average molecular weight is 381 g/mol. The van der Waals surface area contributed by atoms with Crippen LogP contribution in [0.2, 0.25) is 0 Å². The minimum Gasteiger partial charge on any atom is -0.356 e. The zero-order valence-corrected chi connectivity index (χ0v) is 16.9. The third kappa shape index (κ3) is 8.28. The highest BCUT2D eigenvalue weighted by Crippen LogP contribution is 2.11. The molecule has 0 spiro atoms. The van der Waals surface area contributed by atoms with E-state index in [1.807, 2.05) is 9.80 Å². The van der Waals surface area contributed by atoms with E-state index in [4.69, 9.17) is 0 Å². The number of carbonyl (C=O) groups is 3. The van der Waals surface area contributed by atoms with Crippen LogP contribution in [0, 0.1) is 0 Å². The third-order valence-electron chi connectivity index (χ3n) is 5.48. The molecule has 2 aliphatic heterocycles. The first-order valence-corrected chi connectivity index (χ1v) is 10.6. The van der Waals surface area contributed by atoms with E-state index in [0.717, 1.165) is 71.4 Å². The zero-order valence-electron chi connectivity index (χ0n) is 16.9. The maximum Gasteiger partial charge on any atom is 0.236 e. The van der Waals surface area contributed by atoms with Gasteiger partial charge in [0.25, 0.3) is 0 Å². The summed E-state index contributed by atoms with van der Waals surface area (Å²) in [5.74, 6) is 0.460. The molecule has 3 amide bonds. The van der Waals surface area contributed by atoms with E-state index in [1.54, 1.807) is 0 Å². The quantitative estimate of drug-likeness (QED) is 0.643. The van der Waals surface area contributed by atoms with Gasteiger partial charge in [0.05, 0.1) is 6.54 Å². The van der Waals surface area contributed by atoms with Crippen LogP contribution in [0.3, 0.4) is 0 Å². The molecule has 1 N–H and O–H groups in total. The Kier molecular flexibility index (Phi) is 9.59. The predicted octanol–water partition coefficient (Wildman–Crippen LogP) is 1.23. The molecular weight excluding hydrogens is 344 g/mol. The first-order valence-electron chi connectivity index (χ1n) is 10.6. The van der Waals surface area contributed by atoms with E-state index in [2.05, 4.69) is 10.2 Å². The number of carbonyl (C=O) groups excluding carboxylic acids is 3. The van der Waals surface area contributed by atoms with E-state index < -0.39 is 0 Å². The fourth-order valence-corrected chi connectivity index (χ4v) is 3.77. The lowest BCUT2D eigenvalue weighted by Crippen LogP contribution is -2.51. The second-order valence-electron chi connectivity index (χ2n) is 7.75. The van der Waals surface area contributed by atoms with Crippen molar-refractivity contribution in [3.05, 3.63) is 0 Å². The van der Waals surface area contributed by atoms with Crippen molar-refractivity contribution in [2.75, 3.05) is 52.4 Å². The number of likely N-dealkylation sites (tertiary alicyclic amines) is 1. The summed E-state index contributed by atoms with van der Waals surface area (Å²) in [5.41, 5.74) is 0. The number of nitrogens with zero attached hydrogens (tertiary/aromatic N) is 3. The van der Waals surface area contributed by atoms with Crippen LogP contribution in [0.1, 0.15) is 58.3 Å². The molecular formula is C20H36N4O3. The molecule has 2 saturated heterocycles. The van der Waals surface area contributed by atoms with E-state index in [0.29, 0.717) is 19.5 Å². The first-order chi connectivity index (χ1) is 13.1. The minimum atomic E-state index is -0.00160. The third-order valence-corrected chi connectivity index (χ3v) is 5.48. The Balaban J connectivity index is 1.58. The van der Waals surface area contributed by atoms with E-state index in [1.165, 1.54) is 19.8 Å². The van der Waals surface area contributed by atoms with Crippen molar-refractivity contribution < 1.29 is 14.4 Å². The zero-order chi connectivity index (χ0) is 19.5. The van der Waals surface area contributed by atoms with Gasteiger partial charge in [0.2, 0.25) is 17.7 Å². The molecule has 0 aliphatic carbocycles. The van der Waals surface area contributed by atoms with Gasteiger partial charge in [0.15, 0.2) is 0 Å². The molecule has 154 valence electrons. The molecule has 0 atom stereocenters. The van der Waals surface area contributed by atoms with Crippen molar-refractivity contribution >= 4 is 17.7 Å². The molecule has 0 aromatic rings. The van der Waals surface area contributed by atoms with Gasteiger partial charge in [-0.2, -0.15) is 0 Å². The molecule has 7 nitrogen and oxygen atoms in total. The largest absolute Gasteiger partial charge is 0.356 e. The number of amides is 3. The van der Waals surface area contributed by atoms with E-state index in [9.17, 15) is 14.4 Å². The maximum absolute atomic E-state index is 12.5. The monoisotopic (exact) mass is 380 g/mol. The topological polar surface area (TPSA) is 73.0 Å². The molecule has 0 aromatic carbocycles. The molecule has 2 rings (SSSR count). The summed E-state index contributed by atoms with van der Waals surface area (Å²) in [7, 11) is 0. The fourth-order valence-electron chi connectivity index (χ4n) is 3.77. The summed E-state index contributed by atoms with van der Waals surface area (Å²) >= 11 is 0.